The van der Waals surface area contributed by atoms with Crippen LogP contribution in [0, 0.1) is 0 Å². The minimum Gasteiger partial charge on any atom is -0.493 e. The first kappa shape index (κ1) is 31.5. The molecule has 6 rings (SSSR count). The summed E-state index contributed by atoms with van der Waals surface area (Å²) < 4.78 is 12.6. The van der Waals surface area contributed by atoms with Crippen LogP contribution in [0.3, 0.4) is 0 Å². The molecule has 4 heteroatoms. The van der Waals surface area contributed by atoms with Crippen molar-refractivity contribution in [1.82, 2.24) is 0 Å². The summed E-state index contributed by atoms with van der Waals surface area (Å²) in [6.45, 7) is 2.74. The molecule has 0 aromatic heterocycles. The van der Waals surface area contributed by atoms with Crippen molar-refractivity contribution in [3.05, 3.63) is 191 Å². The normalized spacial score (nSPS) is 10.7. The molecule has 0 saturated heterocycles. The maximum Gasteiger partial charge on any atom is 0.122 e. The number of benzene rings is 6. The van der Waals surface area contributed by atoms with Crippen molar-refractivity contribution in [3.8, 4) is 11.5 Å². The van der Waals surface area contributed by atoms with Gasteiger partial charge in [-0.25, -0.2) is 0 Å². The average Bonchev–Trinajstić information content (AvgIpc) is 3.13. The Morgan fingerprint density at radius 3 is 1.17 bits per heavy atom. The van der Waals surface area contributed by atoms with Crippen LogP contribution >= 0.6 is 0 Å². The lowest BCUT2D eigenvalue weighted by Gasteiger charge is -2.16. The number of para-hydroxylation sites is 4. The van der Waals surface area contributed by atoms with E-state index in [0.29, 0.717) is 13.2 Å². The molecule has 6 aromatic rings. The zero-order valence-electron chi connectivity index (χ0n) is 26.8. The molecule has 0 radical (unpaired) electrons. The number of hydrogen-bond acceptors (Lipinski definition) is 4. The van der Waals surface area contributed by atoms with Crippen molar-refractivity contribution in [1.29, 1.82) is 0 Å². The summed E-state index contributed by atoms with van der Waals surface area (Å²) in [6.07, 6.45) is 2.37. The topological polar surface area (TPSA) is 42.5 Å². The van der Waals surface area contributed by atoms with Gasteiger partial charge in [0.05, 0.1) is 13.2 Å². The van der Waals surface area contributed by atoms with Gasteiger partial charge in [-0.3, -0.25) is 0 Å². The summed E-state index contributed by atoms with van der Waals surface area (Å²) >= 11 is 0. The predicted octanol–water partition coefficient (Wildman–Crippen LogP) is 9.94. The van der Waals surface area contributed by atoms with Crippen molar-refractivity contribution in [2.75, 3.05) is 23.8 Å². The fourth-order valence-electron chi connectivity index (χ4n) is 5.70. The summed E-state index contributed by atoms with van der Waals surface area (Å²) in [4.78, 5) is 0. The molecule has 4 nitrogen and oxygen atoms in total. The maximum atomic E-state index is 6.31. The second kappa shape index (κ2) is 16.7. The van der Waals surface area contributed by atoms with E-state index in [1.54, 1.807) is 0 Å². The van der Waals surface area contributed by atoms with Crippen molar-refractivity contribution in [2.45, 2.75) is 32.4 Å². The van der Waals surface area contributed by atoms with Crippen LogP contribution in [0.15, 0.2) is 158 Å². The fourth-order valence-corrected chi connectivity index (χ4v) is 5.70. The van der Waals surface area contributed by atoms with E-state index >= 15 is 0 Å². The molecule has 47 heavy (non-hydrogen) atoms. The number of hydrogen-bond donors (Lipinski definition) is 2. The van der Waals surface area contributed by atoms with Crippen LogP contribution in [0.2, 0.25) is 0 Å². The Hall–Kier alpha value is -5.48. The van der Waals surface area contributed by atoms with E-state index in [4.69, 9.17) is 9.47 Å². The Morgan fingerprint density at radius 1 is 0.362 bits per heavy atom. The molecule has 0 aliphatic carbocycles. The average molecular weight is 619 g/mol. The second-order valence-corrected chi connectivity index (χ2v) is 11.6. The van der Waals surface area contributed by atoms with Gasteiger partial charge in [-0.15, -0.1) is 0 Å². The molecule has 6 aromatic carbocycles. The third-order valence-electron chi connectivity index (χ3n) is 8.20. The van der Waals surface area contributed by atoms with Gasteiger partial charge in [0.1, 0.15) is 11.5 Å². The van der Waals surface area contributed by atoms with Gasteiger partial charge in [0.15, 0.2) is 0 Å². The van der Waals surface area contributed by atoms with Crippen molar-refractivity contribution in [3.63, 3.8) is 0 Å². The molecule has 0 bridgehead atoms. The fraction of sp³-hybridized carbons (Fsp3) is 0.163. The van der Waals surface area contributed by atoms with E-state index < -0.39 is 0 Å². The minimum atomic E-state index is 0.583. The predicted molar refractivity (Wildman–Crippen MR) is 195 cm³/mol. The number of rotatable bonds is 16. The Morgan fingerprint density at radius 2 is 0.723 bits per heavy atom. The van der Waals surface area contributed by atoms with E-state index in [2.05, 4.69) is 144 Å². The molecule has 0 heterocycles. The standard InChI is InChI=1S/C43H42N2O2/c1-3-16-34(17-4-1)32-44-40-24-11-7-20-36(40)30-38-22-9-13-26-42(38)46-28-15-29-47-43-27-14-10-23-39(43)31-37-21-8-12-25-41(37)45-33-35-18-5-2-6-19-35/h1-14,16-27,44-45H,15,28-33H2. The van der Waals surface area contributed by atoms with E-state index in [-0.39, 0.29) is 0 Å². The highest BCUT2D eigenvalue weighted by molar-refractivity contribution is 5.55. The van der Waals surface area contributed by atoms with Gasteiger partial charge in [-0.05, 0) is 57.6 Å². The van der Waals surface area contributed by atoms with Crippen LogP contribution < -0.4 is 20.1 Å². The van der Waals surface area contributed by atoms with Gasteiger partial charge in [-0.2, -0.15) is 0 Å². The molecule has 0 unspecified atom stereocenters. The molecule has 0 amide bonds. The monoisotopic (exact) mass is 618 g/mol. The second-order valence-electron chi connectivity index (χ2n) is 11.6. The lowest BCUT2D eigenvalue weighted by Crippen LogP contribution is -2.08. The molecule has 0 aliphatic rings. The van der Waals surface area contributed by atoms with Crippen LogP contribution in [0.4, 0.5) is 11.4 Å². The van der Waals surface area contributed by atoms with Gasteiger partial charge in [0.25, 0.3) is 0 Å². The molecule has 2 N–H and O–H groups in total. The molecular weight excluding hydrogens is 576 g/mol. The van der Waals surface area contributed by atoms with E-state index in [1.807, 2.05) is 24.3 Å². The third kappa shape index (κ3) is 9.27. The molecule has 0 fully saturated rings. The molecule has 0 saturated carbocycles. The number of anilines is 2. The van der Waals surface area contributed by atoms with Crippen LogP contribution in [-0.2, 0) is 25.9 Å². The number of nitrogens with one attached hydrogen (secondary N) is 2. The van der Waals surface area contributed by atoms with Crippen LogP contribution in [0.25, 0.3) is 0 Å². The highest BCUT2D eigenvalue weighted by Gasteiger charge is 2.10. The van der Waals surface area contributed by atoms with Crippen molar-refractivity contribution in [2.24, 2.45) is 0 Å². The smallest absolute Gasteiger partial charge is 0.122 e. The highest BCUT2D eigenvalue weighted by atomic mass is 16.5. The van der Waals surface area contributed by atoms with Crippen molar-refractivity contribution >= 4 is 11.4 Å². The minimum absolute atomic E-state index is 0.583. The van der Waals surface area contributed by atoms with Crippen molar-refractivity contribution < 1.29 is 9.47 Å². The van der Waals surface area contributed by atoms with Gasteiger partial charge in [-0.1, -0.05) is 133 Å². The van der Waals surface area contributed by atoms with Crippen LogP contribution in [0.1, 0.15) is 39.8 Å². The summed E-state index contributed by atoms with van der Waals surface area (Å²) in [5.41, 5.74) is 9.65. The maximum absolute atomic E-state index is 6.31. The zero-order valence-corrected chi connectivity index (χ0v) is 26.8. The summed E-state index contributed by atoms with van der Waals surface area (Å²) in [5.74, 6) is 1.84. The number of ether oxygens (including phenoxy) is 2. The van der Waals surface area contributed by atoms with Gasteiger partial charge >= 0.3 is 0 Å². The Labute approximate surface area is 279 Å². The first-order valence-corrected chi connectivity index (χ1v) is 16.4. The Kier molecular flexibility index (Phi) is 11.2. The van der Waals surface area contributed by atoms with E-state index in [9.17, 15) is 0 Å². The molecule has 236 valence electrons. The zero-order chi connectivity index (χ0) is 31.9. The highest BCUT2D eigenvalue weighted by Crippen LogP contribution is 2.27. The largest absolute Gasteiger partial charge is 0.493 e. The van der Waals surface area contributed by atoms with Gasteiger partial charge < -0.3 is 20.1 Å². The first-order valence-electron chi connectivity index (χ1n) is 16.4. The van der Waals surface area contributed by atoms with Crippen LogP contribution in [0.5, 0.6) is 11.5 Å². The quantitative estimate of drug-likeness (QED) is 0.106. The lowest BCUT2D eigenvalue weighted by atomic mass is 10.0. The van der Waals surface area contributed by atoms with Gasteiger partial charge in [0, 0.05) is 43.7 Å². The molecule has 0 spiro atoms. The van der Waals surface area contributed by atoms with Crippen LogP contribution in [-0.4, -0.2) is 13.2 Å². The summed E-state index contributed by atoms with van der Waals surface area (Å²) in [5, 5.41) is 7.24. The first-order chi connectivity index (χ1) is 23.3. The molecular formula is C43H42N2O2. The molecule has 0 aliphatic heterocycles. The SMILES string of the molecule is c1ccc(CNc2ccccc2Cc2ccccc2OCCCOc2ccccc2Cc2ccccc2NCc2ccccc2)cc1. The van der Waals surface area contributed by atoms with E-state index in [1.165, 1.54) is 33.4 Å². The lowest BCUT2D eigenvalue weighted by molar-refractivity contribution is 0.245. The van der Waals surface area contributed by atoms with E-state index in [0.717, 1.165) is 55.2 Å². The molecule has 0 atom stereocenters. The summed E-state index contributed by atoms with van der Waals surface area (Å²) in [6, 6.07) is 54.7. The summed E-state index contributed by atoms with van der Waals surface area (Å²) in [7, 11) is 0. The Bertz CT molecular complexity index is 1690. The Balaban J connectivity index is 1.02. The third-order valence-corrected chi connectivity index (χ3v) is 8.20. The van der Waals surface area contributed by atoms with Gasteiger partial charge in [0.2, 0.25) is 0 Å².